The van der Waals surface area contributed by atoms with Gasteiger partial charge in [-0.15, -0.1) is 0 Å². The van der Waals surface area contributed by atoms with Crippen molar-refractivity contribution in [2.75, 3.05) is 0 Å². The van der Waals surface area contributed by atoms with Crippen LogP contribution in [0.4, 0.5) is 4.39 Å². The Bertz CT molecular complexity index is 596. The molecule has 2 aromatic carbocycles. The Balaban J connectivity index is 2.28. The Labute approximate surface area is 110 Å². The van der Waals surface area contributed by atoms with Crippen LogP contribution in [-0.4, -0.2) is 12.1 Å². The molecule has 0 aliphatic carbocycles. The fraction of sp³-hybridized carbons (Fsp3) is 0.0667. The van der Waals surface area contributed by atoms with Crippen molar-refractivity contribution < 1.29 is 9.18 Å². The van der Waals surface area contributed by atoms with E-state index in [0.29, 0.717) is 11.1 Å². The molecule has 0 bridgehead atoms. The number of halogens is 1. The lowest BCUT2D eigenvalue weighted by Gasteiger charge is -2.08. The second kappa shape index (κ2) is 5.91. The fourth-order valence-corrected chi connectivity index (χ4v) is 1.69. The maximum atomic E-state index is 13.4. The predicted octanol–water partition coefficient (Wildman–Crippen LogP) is 2.47. The minimum atomic E-state index is -0.805. The number of primary amides is 1. The van der Waals surface area contributed by atoms with E-state index in [9.17, 15) is 9.18 Å². The van der Waals surface area contributed by atoms with Crippen LogP contribution in [0, 0.1) is 5.82 Å². The van der Waals surface area contributed by atoms with E-state index in [4.69, 9.17) is 5.73 Å². The highest BCUT2D eigenvalue weighted by atomic mass is 19.1. The van der Waals surface area contributed by atoms with Gasteiger partial charge in [-0.05, 0) is 11.6 Å². The Morgan fingerprint density at radius 2 is 1.74 bits per heavy atom. The van der Waals surface area contributed by atoms with Crippen molar-refractivity contribution in [1.29, 1.82) is 0 Å². The molecule has 3 nitrogen and oxygen atoms in total. The third kappa shape index (κ3) is 3.25. The van der Waals surface area contributed by atoms with E-state index in [1.54, 1.807) is 42.5 Å². The van der Waals surface area contributed by atoms with Crippen molar-refractivity contribution in [1.82, 2.24) is 0 Å². The average molecular weight is 256 g/mol. The first kappa shape index (κ1) is 13.0. The average Bonchev–Trinajstić information content (AvgIpc) is 2.42. The van der Waals surface area contributed by atoms with Crippen molar-refractivity contribution in [2.24, 2.45) is 10.7 Å². The first-order valence-corrected chi connectivity index (χ1v) is 5.80. The van der Waals surface area contributed by atoms with Crippen LogP contribution < -0.4 is 5.73 Å². The molecular formula is C15H13FN2O. The summed E-state index contributed by atoms with van der Waals surface area (Å²) in [6, 6.07) is 14.4. The number of amides is 1. The van der Waals surface area contributed by atoms with Crippen LogP contribution in [0.2, 0.25) is 0 Å². The zero-order chi connectivity index (χ0) is 13.7. The normalized spacial score (nSPS) is 12.5. The van der Waals surface area contributed by atoms with Gasteiger partial charge >= 0.3 is 0 Å². The van der Waals surface area contributed by atoms with Crippen LogP contribution in [-0.2, 0) is 4.79 Å². The molecule has 0 heterocycles. The molecule has 0 aliphatic heterocycles. The number of aliphatic imine (C=N–C) groups is 1. The zero-order valence-corrected chi connectivity index (χ0v) is 10.2. The van der Waals surface area contributed by atoms with E-state index >= 15 is 0 Å². The van der Waals surface area contributed by atoms with Gasteiger partial charge in [-0.2, -0.15) is 0 Å². The van der Waals surface area contributed by atoms with Gasteiger partial charge in [-0.1, -0.05) is 48.5 Å². The molecule has 0 fully saturated rings. The predicted molar refractivity (Wildman–Crippen MR) is 72.4 cm³/mol. The Hall–Kier alpha value is -2.49. The molecule has 0 saturated carbocycles. The minimum absolute atomic E-state index is 0.324. The molecule has 0 saturated heterocycles. The second-order valence-electron chi connectivity index (χ2n) is 4.02. The smallest absolute Gasteiger partial charge is 0.246 e. The number of nitrogens with two attached hydrogens (primary N) is 1. The van der Waals surface area contributed by atoms with E-state index in [0.717, 1.165) is 0 Å². The highest BCUT2D eigenvalue weighted by Crippen LogP contribution is 2.16. The number of nitrogens with zero attached hydrogens (tertiary/aromatic N) is 1. The van der Waals surface area contributed by atoms with E-state index in [-0.39, 0.29) is 5.82 Å². The minimum Gasteiger partial charge on any atom is -0.368 e. The van der Waals surface area contributed by atoms with Crippen molar-refractivity contribution >= 4 is 12.1 Å². The summed E-state index contributed by atoms with van der Waals surface area (Å²) in [5.41, 5.74) is 6.33. The first-order valence-electron chi connectivity index (χ1n) is 5.80. The Kier molecular flexibility index (Phi) is 4.03. The molecule has 0 spiro atoms. The topological polar surface area (TPSA) is 55.5 Å². The number of hydrogen-bond donors (Lipinski definition) is 1. The highest BCUT2D eigenvalue weighted by Gasteiger charge is 2.15. The molecule has 2 rings (SSSR count). The van der Waals surface area contributed by atoms with Crippen molar-refractivity contribution in [3.63, 3.8) is 0 Å². The zero-order valence-electron chi connectivity index (χ0n) is 10.2. The molecule has 96 valence electrons. The van der Waals surface area contributed by atoms with Gasteiger partial charge in [0.15, 0.2) is 6.04 Å². The maximum absolute atomic E-state index is 13.4. The first-order chi connectivity index (χ1) is 9.18. The van der Waals surface area contributed by atoms with Gasteiger partial charge in [0.05, 0.1) is 0 Å². The van der Waals surface area contributed by atoms with Gasteiger partial charge in [0.1, 0.15) is 5.82 Å². The van der Waals surface area contributed by atoms with Crippen molar-refractivity contribution in [3.8, 4) is 0 Å². The molecule has 0 aliphatic rings. The van der Waals surface area contributed by atoms with Crippen LogP contribution >= 0.6 is 0 Å². The highest BCUT2D eigenvalue weighted by molar-refractivity contribution is 5.86. The largest absolute Gasteiger partial charge is 0.368 e. The molecule has 0 unspecified atom stereocenters. The summed E-state index contributed by atoms with van der Waals surface area (Å²) >= 11 is 0. The number of carbonyl (C=O) groups excluding carboxylic acids is 1. The Morgan fingerprint density at radius 3 is 2.37 bits per heavy atom. The molecule has 2 aromatic rings. The number of benzene rings is 2. The summed E-state index contributed by atoms with van der Waals surface area (Å²) in [5, 5.41) is 0. The molecule has 4 heteroatoms. The lowest BCUT2D eigenvalue weighted by atomic mass is 10.1. The molecule has 1 amide bonds. The second-order valence-corrected chi connectivity index (χ2v) is 4.02. The third-order valence-electron chi connectivity index (χ3n) is 2.65. The molecule has 19 heavy (non-hydrogen) atoms. The van der Waals surface area contributed by atoms with Gasteiger partial charge in [-0.3, -0.25) is 9.79 Å². The standard InChI is InChI=1S/C15H13FN2O/c16-13-9-5-4-8-12(13)10-18-14(15(17)19)11-6-2-1-3-7-11/h1-10,14H,(H2,17,19)/t14-/m0/s1. The molecular weight excluding hydrogens is 243 g/mol. The van der Waals surface area contributed by atoms with E-state index in [2.05, 4.69) is 4.99 Å². The summed E-state index contributed by atoms with van der Waals surface area (Å²) in [5.74, 6) is -0.957. The monoisotopic (exact) mass is 256 g/mol. The van der Waals surface area contributed by atoms with Crippen LogP contribution in [0.1, 0.15) is 17.2 Å². The summed E-state index contributed by atoms with van der Waals surface area (Å²) < 4.78 is 13.4. The van der Waals surface area contributed by atoms with E-state index in [1.807, 2.05) is 6.07 Å². The summed E-state index contributed by atoms with van der Waals surface area (Å²) in [4.78, 5) is 15.5. The number of carbonyl (C=O) groups is 1. The van der Waals surface area contributed by atoms with E-state index < -0.39 is 11.9 Å². The van der Waals surface area contributed by atoms with Crippen molar-refractivity contribution in [2.45, 2.75) is 6.04 Å². The fourth-order valence-electron chi connectivity index (χ4n) is 1.69. The lowest BCUT2D eigenvalue weighted by molar-refractivity contribution is -0.119. The van der Waals surface area contributed by atoms with Gasteiger partial charge in [0, 0.05) is 11.8 Å². The maximum Gasteiger partial charge on any atom is 0.246 e. The summed E-state index contributed by atoms with van der Waals surface area (Å²) in [6.45, 7) is 0. The molecule has 0 aromatic heterocycles. The van der Waals surface area contributed by atoms with Crippen LogP contribution in [0.3, 0.4) is 0 Å². The molecule has 2 N–H and O–H groups in total. The number of rotatable bonds is 4. The van der Waals surface area contributed by atoms with Crippen LogP contribution in [0.5, 0.6) is 0 Å². The SMILES string of the molecule is NC(=O)[C@@H](N=Cc1ccccc1F)c1ccccc1. The quantitative estimate of drug-likeness (QED) is 0.839. The summed E-state index contributed by atoms with van der Waals surface area (Å²) in [6.07, 6.45) is 1.33. The third-order valence-corrected chi connectivity index (χ3v) is 2.65. The van der Waals surface area contributed by atoms with Crippen LogP contribution in [0.25, 0.3) is 0 Å². The lowest BCUT2D eigenvalue weighted by Crippen LogP contribution is -2.20. The molecule has 0 radical (unpaired) electrons. The van der Waals surface area contributed by atoms with E-state index in [1.165, 1.54) is 12.3 Å². The van der Waals surface area contributed by atoms with Gasteiger partial charge in [0.2, 0.25) is 5.91 Å². The molecule has 1 atom stereocenters. The van der Waals surface area contributed by atoms with Gasteiger partial charge < -0.3 is 5.73 Å². The Morgan fingerprint density at radius 1 is 1.11 bits per heavy atom. The van der Waals surface area contributed by atoms with Gasteiger partial charge in [-0.25, -0.2) is 4.39 Å². The number of hydrogen-bond acceptors (Lipinski definition) is 2. The van der Waals surface area contributed by atoms with Crippen LogP contribution in [0.15, 0.2) is 59.6 Å². The summed E-state index contributed by atoms with van der Waals surface area (Å²) in [7, 11) is 0. The van der Waals surface area contributed by atoms with Gasteiger partial charge in [0.25, 0.3) is 0 Å². The van der Waals surface area contributed by atoms with Crippen molar-refractivity contribution in [3.05, 3.63) is 71.5 Å².